The first-order valence-corrected chi connectivity index (χ1v) is 6.39. The van der Waals surface area contributed by atoms with Crippen molar-refractivity contribution in [3.63, 3.8) is 0 Å². The number of anilines is 1. The Morgan fingerprint density at radius 2 is 1.78 bits per heavy atom. The van der Waals surface area contributed by atoms with Gasteiger partial charge in [-0.3, -0.25) is 4.79 Å². The molecule has 1 aromatic rings. The van der Waals surface area contributed by atoms with Gasteiger partial charge in [0.05, 0.1) is 6.04 Å². The number of hydrogen-bond donors (Lipinski definition) is 2. The van der Waals surface area contributed by atoms with E-state index in [1.54, 1.807) is 0 Å². The van der Waals surface area contributed by atoms with Gasteiger partial charge in [-0.15, -0.1) is 12.4 Å². The first-order valence-electron chi connectivity index (χ1n) is 6.39. The number of nitrogens with two attached hydrogens (primary N) is 1. The number of amides is 1. The topological polar surface area (TPSA) is 55.1 Å². The van der Waals surface area contributed by atoms with Crippen molar-refractivity contribution in [1.29, 1.82) is 0 Å². The minimum atomic E-state index is -0.365. The van der Waals surface area contributed by atoms with Gasteiger partial charge in [0.15, 0.2) is 0 Å². The molecule has 3 N–H and O–H groups in total. The molecule has 1 aliphatic rings. The molecule has 0 bridgehead atoms. The standard InChI is InChI=1S/C14H20N2O.ClH/c15-13(11-7-3-1-4-8-11)14(17)16-12-9-5-2-6-10-12;/h2,5-6,9-11,13H,1,3-4,7-8,15H2,(H,16,17);1H. The third-order valence-electron chi connectivity index (χ3n) is 3.50. The van der Waals surface area contributed by atoms with Gasteiger partial charge in [-0.2, -0.15) is 0 Å². The van der Waals surface area contributed by atoms with Gasteiger partial charge >= 0.3 is 0 Å². The molecule has 0 aromatic heterocycles. The van der Waals surface area contributed by atoms with E-state index in [0.29, 0.717) is 5.92 Å². The molecule has 1 atom stereocenters. The zero-order chi connectivity index (χ0) is 12.1. The van der Waals surface area contributed by atoms with Crippen LogP contribution in [0.25, 0.3) is 0 Å². The summed E-state index contributed by atoms with van der Waals surface area (Å²) in [6.07, 6.45) is 5.87. The van der Waals surface area contributed by atoms with Crippen LogP contribution in [0.2, 0.25) is 0 Å². The van der Waals surface area contributed by atoms with Crippen LogP contribution in [0.4, 0.5) is 5.69 Å². The van der Waals surface area contributed by atoms with Crippen molar-refractivity contribution in [2.75, 3.05) is 5.32 Å². The molecule has 0 aliphatic heterocycles. The minimum absolute atomic E-state index is 0. The molecule has 2 rings (SSSR count). The van der Waals surface area contributed by atoms with Crippen molar-refractivity contribution in [3.05, 3.63) is 30.3 Å². The Hall–Kier alpha value is -1.06. The quantitative estimate of drug-likeness (QED) is 0.886. The fraction of sp³-hybridized carbons (Fsp3) is 0.500. The van der Waals surface area contributed by atoms with Gasteiger partial charge in [0.1, 0.15) is 0 Å². The Morgan fingerprint density at radius 3 is 2.39 bits per heavy atom. The average Bonchev–Trinajstić information content (AvgIpc) is 2.40. The van der Waals surface area contributed by atoms with Crippen molar-refractivity contribution >= 4 is 24.0 Å². The maximum atomic E-state index is 12.0. The highest BCUT2D eigenvalue weighted by atomic mass is 35.5. The molecule has 1 aromatic carbocycles. The molecular weight excluding hydrogens is 248 g/mol. The summed E-state index contributed by atoms with van der Waals surface area (Å²) in [4.78, 5) is 12.0. The first-order chi connectivity index (χ1) is 8.27. The monoisotopic (exact) mass is 268 g/mol. The normalized spacial score (nSPS) is 17.6. The molecular formula is C14H21ClN2O. The molecule has 1 aliphatic carbocycles. The van der Waals surface area contributed by atoms with Crippen molar-refractivity contribution in [3.8, 4) is 0 Å². The molecule has 1 fully saturated rings. The van der Waals surface area contributed by atoms with Crippen molar-refractivity contribution in [2.45, 2.75) is 38.1 Å². The molecule has 4 heteroatoms. The molecule has 0 spiro atoms. The lowest BCUT2D eigenvalue weighted by atomic mass is 9.84. The van der Waals surface area contributed by atoms with Crippen molar-refractivity contribution in [1.82, 2.24) is 0 Å². The third-order valence-corrected chi connectivity index (χ3v) is 3.50. The lowest BCUT2D eigenvalue weighted by Crippen LogP contribution is -2.42. The fourth-order valence-corrected chi connectivity index (χ4v) is 2.45. The Labute approximate surface area is 115 Å². The minimum Gasteiger partial charge on any atom is -0.325 e. The van der Waals surface area contributed by atoms with Crippen LogP contribution in [-0.4, -0.2) is 11.9 Å². The number of carbonyl (C=O) groups is 1. The van der Waals surface area contributed by atoms with Crippen LogP contribution in [0, 0.1) is 5.92 Å². The van der Waals surface area contributed by atoms with E-state index in [0.717, 1.165) is 18.5 Å². The average molecular weight is 269 g/mol. The Balaban J connectivity index is 0.00000162. The molecule has 18 heavy (non-hydrogen) atoms. The van der Waals surface area contributed by atoms with Gasteiger partial charge in [-0.25, -0.2) is 0 Å². The lowest BCUT2D eigenvalue weighted by molar-refractivity contribution is -0.118. The van der Waals surface area contributed by atoms with Gasteiger partial charge in [-0.05, 0) is 30.9 Å². The molecule has 0 heterocycles. The summed E-state index contributed by atoms with van der Waals surface area (Å²) in [5.74, 6) is 0.301. The molecule has 3 nitrogen and oxygen atoms in total. The number of hydrogen-bond acceptors (Lipinski definition) is 2. The van der Waals surface area contributed by atoms with Crippen LogP contribution >= 0.6 is 12.4 Å². The summed E-state index contributed by atoms with van der Waals surface area (Å²) in [5, 5.41) is 2.88. The van der Waals surface area contributed by atoms with E-state index < -0.39 is 0 Å². The van der Waals surface area contributed by atoms with E-state index in [9.17, 15) is 4.79 Å². The van der Waals surface area contributed by atoms with Crippen LogP contribution in [0.1, 0.15) is 32.1 Å². The van der Waals surface area contributed by atoms with Crippen molar-refractivity contribution in [2.24, 2.45) is 11.7 Å². The van der Waals surface area contributed by atoms with Gasteiger partial charge in [0.2, 0.25) is 5.91 Å². The number of carbonyl (C=O) groups excluding carboxylic acids is 1. The molecule has 1 amide bonds. The number of benzene rings is 1. The number of rotatable bonds is 3. The van der Waals surface area contributed by atoms with Crippen LogP contribution in [0.5, 0.6) is 0 Å². The van der Waals surface area contributed by atoms with Crippen LogP contribution in [0.15, 0.2) is 30.3 Å². The highest BCUT2D eigenvalue weighted by Gasteiger charge is 2.25. The summed E-state index contributed by atoms with van der Waals surface area (Å²) < 4.78 is 0. The number of para-hydroxylation sites is 1. The summed E-state index contributed by atoms with van der Waals surface area (Å²) >= 11 is 0. The SMILES string of the molecule is Cl.NC(C(=O)Nc1ccccc1)C1CCCCC1. The number of halogens is 1. The number of nitrogens with one attached hydrogen (secondary N) is 1. The predicted octanol–water partition coefficient (Wildman–Crippen LogP) is 2.95. The largest absolute Gasteiger partial charge is 0.325 e. The van der Waals surface area contributed by atoms with E-state index in [-0.39, 0.29) is 24.4 Å². The second-order valence-electron chi connectivity index (χ2n) is 4.78. The zero-order valence-electron chi connectivity index (χ0n) is 10.5. The molecule has 1 saturated carbocycles. The van der Waals surface area contributed by atoms with E-state index in [1.807, 2.05) is 30.3 Å². The summed E-state index contributed by atoms with van der Waals surface area (Å²) in [6, 6.07) is 9.13. The van der Waals surface area contributed by atoms with Crippen LogP contribution in [0.3, 0.4) is 0 Å². The van der Waals surface area contributed by atoms with Crippen LogP contribution < -0.4 is 11.1 Å². The van der Waals surface area contributed by atoms with Crippen molar-refractivity contribution < 1.29 is 4.79 Å². The zero-order valence-corrected chi connectivity index (χ0v) is 11.3. The Bertz CT molecular complexity index is 363. The van der Waals surface area contributed by atoms with E-state index in [1.165, 1.54) is 19.3 Å². The van der Waals surface area contributed by atoms with Gasteiger partial charge < -0.3 is 11.1 Å². The van der Waals surface area contributed by atoms with E-state index >= 15 is 0 Å². The fourth-order valence-electron chi connectivity index (χ4n) is 2.45. The second-order valence-corrected chi connectivity index (χ2v) is 4.78. The highest BCUT2D eigenvalue weighted by molar-refractivity contribution is 5.94. The van der Waals surface area contributed by atoms with Gasteiger partial charge in [0, 0.05) is 5.69 Å². The Kier molecular flexibility index (Phi) is 6.16. The molecule has 1 unspecified atom stereocenters. The smallest absolute Gasteiger partial charge is 0.241 e. The maximum absolute atomic E-state index is 12.0. The van der Waals surface area contributed by atoms with Crippen LogP contribution in [-0.2, 0) is 4.79 Å². The molecule has 100 valence electrons. The van der Waals surface area contributed by atoms with E-state index in [4.69, 9.17) is 5.73 Å². The second kappa shape index (κ2) is 7.39. The van der Waals surface area contributed by atoms with Gasteiger partial charge in [-0.1, -0.05) is 37.5 Å². The third kappa shape index (κ3) is 4.00. The summed E-state index contributed by atoms with van der Waals surface area (Å²) in [6.45, 7) is 0. The lowest BCUT2D eigenvalue weighted by Gasteiger charge is -2.26. The summed E-state index contributed by atoms with van der Waals surface area (Å²) in [5.41, 5.74) is 6.85. The molecule has 0 radical (unpaired) electrons. The first kappa shape index (κ1) is 15.0. The molecule has 0 saturated heterocycles. The Morgan fingerprint density at radius 1 is 1.17 bits per heavy atom. The predicted molar refractivity (Wildman–Crippen MR) is 76.9 cm³/mol. The van der Waals surface area contributed by atoms with Gasteiger partial charge in [0.25, 0.3) is 0 Å². The summed E-state index contributed by atoms with van der Waals surface area (Å²) in [7, 11) is 0. The van der Waals surface area contributed by atoms with E-state index in [2.05, 4.69) is 5.32 Å². The maximum Gasteiger partial charge on any atom is 0.241 e. The highest BCUT2D eigenvalue weighted by Crippen LogP contribution is 2.26.